The van der Waals surface area contributed by atoms with E-state index in [1.165, 1.54) is 10.8 Å². The molecule has 4 aromatic rings. The second-order valence-electron chi connectivity index (χ2n) is 8.80. The maximum atomic E-state index is 11.0. The third kappa shape index (κ3) is 5.24. The number of aliphatic hydroxyl groups is 1. The number of piperazine rings is 1. The van der Waals surface area contributed by atoms with E-state index in [0.717, 1.165) is 53.8 Å². The van der Waals surface area contributed by atoms with Crippen molar-refractivity contribution < 1.29 is 5.11 Å². The van der Waals surface area contributed by atoms with E-state index in [0.29, 0.717) is 23.1 Å². The Labute approximate surface area is 212 Å². The van der Waals surface area contributed by atoms with Gasteiger partial charge in [0.1, 0.15) is 0 Å². The molecule has 4 nitrogen and oxygen atoms in total. The van der Waals surface area contributed by atoms with Crippen LogP contribution in [0.25, 0.3) is 21.8 Å². The lowest BCUT2D eigenvalue weighted by Crippen LogP contribution is -2.48. The van der Waals surface area contributed by atoms with E-state index in [9.17, 15) is 5.11 Å². The summed E-state index contributed by atoms with van der Waals surface area (Å²) < 4.78 is 3.32. The number of hydrogen-bond donors (Lipinski definition) is 1. The van der Waals surface area contributed by atoms with Gasteiger partial charge in [0.05, 0.1) is 12.6 Å². The molecule has 0 bridgehead atoms. The Kier molecular flexibility index (Phi) is 6.98. The molecule has 0 radical (unpaired) electrons. The van der Waals surface area contributed by atoms with Gasteiger partial charge in [-0.1, -0.05) is 57.3 Å². The van der Waals surface area contributed by atoms with Gasteiger partial charge in [0.15, 0.2) is 0 Å². The van der Waals surface area contributed by atoms with Gasteiger partial charge in [-0.25, -0.2) is 0 Å². The largest absolute Gasteiger partial charge is 0.390 e. The number of rotatable bonds is 6. The molecule has 2 heterocycles. The molecule has 1 N–H and O–H groups in total. The number of β-amino-alcohol motifs (C(OH)–C–C–N with tert-alkyl or cyclic N) is 1. The normalized spacial score (nSPS) is 16.6. The van der Waals surface area contributed by atoms with E-state index in [1.54, 1.807) is 6.07 Å². The van der Waals surface area contributed by atoms with Gasteiger partial charge >= 0.3 is 0 Å². The van der Waals surface area contributed by atoms with Crippen molar-refractivity contribution in [3.05, 3.63) is 80.7 Å². The first-order chi connectivity index (χ1) is 16.0. The van der Waals surface area contributed by atoms with Gasteiger partial charge in [-0.2, -0.15) is 0 Å². The second-order valence-corrected chi connectivity index (χ2v) is 10.6. The van der Waals surface area contributed by atoms with Gasteiger partial charge in [-0.3, -0.25) is 9.80 Å². The third-order valence-corrected chi connectivity index (χ3v) is 7.32. The maximum absolute atomic E-state index is 11.0. The molecule has 0 spiro atoms. The summed E-state index contributed by atoms with van der Waals surface area (Å²) in [6.07, 6.45) is -0.439. The van der Waals surface area contributed by atoms with Crippen LogP contribution in [0, 0.1) is 0 Å². The smallest absolute Gasteiger partial charge is 0.0845 e. The number of aliphatic hydroxyl groups excluding tert-OH is 1. The van der Waals surface area contributed by atoms with Gasteiger partial charge in [-0.15, -0.1) is 0 Å². The first-order valence-electron chi connectivity index (χ1n) is 11.2. The summed E-state index contributed by atoms with van der Waals surface area (Å²) in [6, 6.07) is 20.5. The molecule has 1 aromatic heterocycles. The molecule has 0 amide bonds. The van der Waals surface area contributed by atoms with Crippen molar-refractivity contribution in [2.45, 2.75) is 19.2 Å². The number of para-hydroxylation sites is 1. The van der Waals surface area contributed by atoms with E-state index < -0.39 is 6.10 Å². The SMILES string of the molecule is OC(CN1CCN(Cc2cc(Cl)cc(Cl)c2)CC1)Cn1c2ccccc2c2cc(Br)ccc21. The molecule has 1 saturated heterocycles. The Morgan fingerprint density at radius 1 is 0.788 bits per heavy atom. The predicted octanol–water partition coefficient (Wildman–Crippen LogP) is 6.04. The first kappa shape index (κ1) is 23.2. The van der Waals surface area contributed by atoms with Crippen molar-refractivity contribution in [3.63, 3.8) is 0 Å². The molecule has 33 heavy (non-hydrogen) atoms. The number of benzene rings is 3. The second kappa shape index (κ2) is 9.95. The Hall–Kier alpha value is -1.60. The zero-order valence-electron chi connectivity index (χ0n) is 18.2. The third-order valence-electron chi connectivity index (χ3n) is 6.39. The van der Waals surface area contributed by atoms with E-state index >= 15 is 0 Å². The van der Waals surface area contributed by atoms with Crippen molar-refractivity contribution in [2.75, 3.05) is 32.7 Å². The fourth-order valence-electron chi connectivity index (χ4n) is 4.88. The van der Waals surface area contributed by atoms with E-state index in [-0.39, 0.29) is 0 Å². The summed E-state index contributed by atoms with van der Waals surface area (Å²) in [5.41, 5.74) is 3.46. The molecule has 1 aliphatic rings. The van der Waals surface area contributed by atoms with Crippen LogP contribution in [-0.4, -0.2) is 58.3 Å². The highest BCUT2D eigenvalue weighted by Gasteiger charge is 2.21. The Bertz CT molecular complexity index is 1260. The van der Waals surface area contributed by atoms with E-state index in [4.69, 9.17) is 23.2 Å². The number of halogens is 3. The van der Waals surface area contributed by atoms with Crippen LogP contribution >= 0.6 is 39.1 Å². The summed E-state index contributed by atoms with van der Waals surface area (Å²) in [5.74, 6) is 0. The average molecular weight is 547 g/mol. The number of aromatic nitrogens is 1. The Balaban J connectivity index is 1.22. The molecular formula is C26H26BrCl2N3O. The molecule has 3 aromatic carbocycles. The summed E-state index contributed by atoms with van der Waals surface area (Å²) in [6.45, 7) is 5.87. The topological polar surface area (TPSA) is 31.6 Å². The van der Waals surface area contributed by atoms with E-state index in [2.05, 4.69) is 72.8 Å². The average Bonchev–Trinajstić information content (AvgIpc) is 3.07. The van der Waals surface area contributed by atoms with Gasteiger partial charge in [-0.05, 0) is 48.0 Å². The van der Waals surface area contributed by atoms with Crippen molar-refractivity contribution in [2.24, 2.45) is 0 Å². The van der Waals surface area contributed by atoms with Crippen molar-refractivity contribution in [1.82, 2.24) is 14.4 Å². The molecule has 1 aliphatic heterocycles. The molecular weight excluding hydrogens is 521 g/mol. The van der Waals surface area contributed by atoms with Crippen LogP contribution in [0.5, 0.6) is 0 Å². The molecule has 1 unspecified atom stereocenters. The Morgan fingerprint density at radius 3 is 2.21 bits per heavy atom. The van der Waals surface area contributed by atoms with Crippen LogP contribution in [0.2, 0.25) is 10.0 Å². The zero-order chi connectivity index (χ0) is 22.9. The highest BCUT2D eigenvalue weighted by molar-refractivity contribution is 9.10. The number of hydrogen-bond acceptors (Lipinski definition) is 3. The molecule has 7 heteroatoms. The van der Waals surface area contributed by atoms with Gasteiger partial charge < -0.3 is 9.67 Å². The summed E-state index contributed by atoms with van der Waals surface area (Å²) >= 11 is 15.9. The minimum Gasteiger partial charge on any atom is -0.390 e. The van der Waals surface area contributed by atoms with Crippen LogP contribution in [0.1, 0.15) is 5.56 Å². The standard InChI is InChI=1S/C26H26BrCl2N3O/c27-19-5-6-26-24(13-19)23-3-1-2-4-25(23)32(26)17-22(33)16-31-9-7-30(8-10-31)15-18-11-20(28)14-21(29)12-18/h1-6,11-14,22,33H,7-10,15-17H2. The highest BCUT2D eigenvalue weighted by Crippen LogP contribution is 2.31. The zero-order valence-corrected chi connectivity index (χ0v) is 21.3. The lowest BCUT2D eigenvalue weighted by Gasteiger charge is -2.35. The lowest BCUT2D eigenvalue weighted by molar-refractivity contribution is 0.0634. The summed E-state index contributed by atoms with van der Waals surface area (Å²) in [7, 11) is 0. The van der Waals surface area contributed by atoms with Gasteiger partial charge in [0.25, 0.3) is 0 Å². The van der Waals surface area contributed by atoms with E-state index in [1.807, 2.05) is 12.1 Å². The fourth-order valence-corrected chi connectivity index (χ4v) is 5.81. The van der Waals surface area contributed by atoms with Crippen molar-refractivity contribution >= 4 is 60.9 Å². The molecule has 5 rings (SSSR count). The van der Waals surface area contributed by atoms with Crippen molar-refractivity contribution in [3.8, 4) is 0 Å². The molecule has 172 valence electrons. The lowest BCUT2D eigenvalue weighted by atomic mass is 10.2. The van der Waals surface area contributed by atoms with Gasteiger partial charge in [0.2, 0.25) is 0 Å². The highest BCUT2D eigenvalue weighted by atomic mass is 79.9. The van der Waals surface area contributed by atoms with Crippen LogP contribution in [0.15, 0.2) is 65.1 Å². The number of nitrogens with zero attached hydrogens (tertiary/aromatic N) is 3. The predicted molar refractivity (Wildman–Crippen MR) is 141 cm³/mol. The molecule has 1 fully saturated rings. The molecule has 1 atom stereocenters. The van der Waals surface area contributed by atoms with Crippen LogP contribution in [0.4, 0.5) is 0 Å². The fraction of sp³-hybridized carbons (Fsp3) is 0.308. The summed E-state index contributed by atoms with van der Waals surface area (Å²) in [5, 5.41) is 14.8. The maximum Gasteiger partial charge on any atom is 0.0845 e. The van der Waals surface area contributed by atoms with Crippen molar-refractivity contribution in [1.29, 1.82) is 0 Å². The monoisotopic (exact) mass is 545 g/mol. The summed E-state index contributed by atoms with van der Waals surface area (Å²) in [4.78, 5) is 4.77. The quantitative estimate of drug-likeness (QED) is 0.320. The first-order valence-corrected chi connectivity index (χ1v) is 12.8. The minimum absolute atomic E-state index is 0.439. The van der Waals surface area contributed by atoms with Crippen LogP contribution in [-0.2, 0) is 13.1 Å². The van der Waals surface area contributed by atoms with Gasteiger partial charge in [0, 0.05) is 75.6 Å². The number of fused-ring (bicyclic) bond motifs is 3. The molecule has 0 saturated carbocycles. The van der Waals surface area contributed by atoms with Crippen LogP contribution in [0.3, 0.4) is 0 Å². The minimum atomic E-state index is -0.439. The molecule has 0 aliphatic carbocycles. The van der Waals surface area contributed by atoms with Crippen LogP contribution < -0.4 is 0 Å². The Morgan fingerprint density at radius 2 is 1.45 bits per heavy atom.